The van der Waals surface area contributed by atoms with E-state index in [0.717, 1.165) is 39.2 Å². The number of benzene rings is 1. The highest BCUT2D eigenvalue weighted by Crippen LogP contribution is 2.32. The maximum Gasteiger partial charge on any atom is 0.140 e. The third-order valence-electron chi connectivity index (χ3n) is 5.23. The third-order valence-corrected chi connectivity index (χ3v) is 5.23. The summed E-state index contributed by atoms with van der Waals surface area (Å²) in [7, 11) is 1.89. The summed E-state index contributed by atoms with van der Waals surface area (Å²) in [5, 5.41) is 19.3. The molecule has 5 aromatic rings. The predicted octanol–water partition coefficient (Wildman–Crippen LogP) is 4.00. The Balaban J connectivity index is 1.69. The van der Waals surface area contributed by atoms with E-state index in [1.165, 1.54) is 0 Å². The fourth-order valence-corrected chi connectivity index (χ4v) is 3.73. The molecule has 0 N–H and O–H groups in total. The van der Waals surface area contributed by atoms with Gasteiger partial charge in [-0.1, -0.05) is 19.9 Å². The minimum absolute atomic E-state index is 0.220. The van der Waals surface area contributed by atoms with Crippen LogP contribution in [0.5, 0.6) is 0 Å². The van der Waals surface area contributed by atoms with Crippen LogP contribution in [0.1, 0.15) is 31.2 Å². The molecular formula is C23H20N8. The van der Waals surface area contributed by atoms with Gasteiger partial charge in [0.05, 0.1) is 47.0 Å². The van der Waals surface area contributed by atoms with Gasteiger partial charge in [-0.25, -0.2) is 14.6 Å². The van der Waals surface area contributed by atoms with E-state index in [9.17, 15) is 0 Å². The Kier molecular flexibility index (Phi) is 4.37. The molecule has 0 radical (unpaired) electrons. The Morgan fingerprint density at radius 2 is 1.90 bits per heavy atom. The molecule has 0 aliphatic rings. The second-order valence-electron chi connectivity index (χ2n) is 7.71. The van der Waals surface area contributed by atoms with Gasteiger partial charge in [0.15, 0.2) is 0 Å². The largest absolute Gasteiger partial charge is 0.305 e. The molecule has 0 atom stereocenters. The van der Waals surface area contributed by atoms with Crippen LogP contribution in [0.2, 0.25) is 0 Å². The number of aryl methyl sites for hydroxylation is 1. The van der Waals surface area contributed by atoms with Crippen LogP contribution in [0.4, 0.5) is 0 Å². The van der Waals surface area contributed by atoms with Crippen molar-refractivity contribution in [2.24, 2.45) is 7.05 Å². The highest BCUT2D eigenvalue weighted by Gasteiger charge is 2.19. The summed E-state index contributed by atoms with van der Waals surface area (Å²) >= 11 is 0. The quantitative estimate of drug-likeness (QED) is 0.448. The lowest BCUT2D eigenvalue weighted by molar-refractivity contribution is 0.768. The van der Waals surface area contributed by atoms with Gasteiger partial charge in [-0.15, -0.1) is 0 Å². The maximum atomic E-state index is 9.05. The standard InChI is InChI=1S/C23H20N8/c1-15(2)23-22-20(30-13-19(26-14-30)16-10-27-29(3)12-16)5-4-6-21(22)31(28-23)18-8-7-17(9-24)25-11-18/h4-8,10-15H,1-3H3. The van der Waals surface area contributed by atoms with Crippen LogP contribution in [-0.2, 0) is 7.05 Å². The number of hydrogen-bond donors (Lipinski definition) is 0. The number of fused-ring (bicyclic) bond motifs is 1. The Morgan fingerprint density at radius 1 is 1.03 bits per heavy atom. The molecule has 0 aliphatic carbocycles. The van der Waals surface area contributed by atoms with Gasteiger partial charge in [-0.05, 0) is 30.2 Å². The second-order valence-corrected chi connectivity index (χ2v) is 7.71. The van der Waals surface area contributed by atoms with Crippen LogP contribution in [-0.4, -0.2) is 34.1 Å². The van der Waals surface area contributed by atoms with Crippen LogP contribution in [0.3, 0.4) is 0 Å². The average molecular weight is 408 g/mol. The van der Waals surface area contributed by atoms with Gasteiger partial charge < -0.3 is 4.57 Å². The zero-order valence-corrected chi connectivity index (χ0v) is 17.4. The number of nitrogens with zero attached hydrogens (tertiary/aromatic N) is 8. The molecule has 0 saturated heterocycles. The van der Waals surface area contributed by atoms with Crippen molar-refractivity contribution in [2.75, 3.05) is 0 Å². The Morgan fingerprint density at radius 3 is 2.58 bits per heavy atom. The summed E-state index contributed by atoms with van der Waals surface area (Å²) in [5.41, 5.74) is 6.01. The molecule has 0 saturated carbocycles. The molecule has 0 unspecified atom stereocenters. The van der Waals surface area contributed by atoms with E-state index >= 15 is 0 Å². The normalized spacial score (nSPS) is 11.3. The predicted molar refractivity (Wildman–Crippen MR) is 117 cm³/mol. The summed E-state index contributed by atoms with van der Waals surface area (Å²) in [5.74, 6) is 0.220. The highest BCUT2D eigenvalue weighted by molar-refractivity contribution is 5.92. The highest BCUT2D eigenvalue weighted by atomic mass is 15.3. The van der Waals surface area contributed by atoms with E-state index in [1.54, 1.807) is 16.9 Å². The summed E-state index contributed by atoms with van der Waals surface area (Å²) in [6.45, 7) is 4.27. The van der Waals surface area contributed by atoms with E-state index in [2.05, 4.69) is 47.1 Å². The zero-order valence-electron chi connectivity index (χ0n) is 17.4. The van der Waals surface area contributed by atoms with Crippen LogP contribution in [0.25, 0.3) is 33.5 Å². The lowest BCUT2D eigenvalue weighted by Crippen LogP contribution is -1.99. The Hall–Kier alpha value is -4.25. The monoisotopic (exact) mass is 408 g/mol. The zero-order chi connectivity index (χ0) is 21.5. The molecule has 1 aromatic carbocycles. The molecule has 0 bridgehead atoms. The molecule has 5 rings (SSSR count). The summed E-state index contributed by atoms with van der Waals surface area (Å²) in [4.78, 5) is 8.79. The summed E-state index contributed by atoms with van der Waals surface area (Å²) in [6, 6.07) is 11.8. The van der Waals surface area contributed by atoms with Crippen LogP contribution in [0, 0.1) is 11.3 Å². The first kappa shape index (κ1) is 18.8. The topological polar surface area (TPSA) is 90.1 Å². The van der Waals surface area contributed by atoms with E-state index in [0.29, 0.717) is 5.69 Å². The first-order chi connectivity index (χ1) is 15.0. The van der Waals surface area contributed by atoms with Crippen molar-refractivity contribution in [3.8, 4) is 28.7 Å². The number of nitriles is 1. The first-order valence-corrected chi connectivity index (χ1v) is 9.96. The van der Waals surface area contributed by atoms with Crippen LogP contribution >= 0.6 is 0 Å². The van der Waals surface area contributed by atoms with Crippen molar-refractivity contribution in [2.45, 2.75) is 19.8 Å². The Bertz CT molecular complexity index is 1430. The van der Waals surface area contributed by atoms with E-state index in [4.69, 9.17) is 10.4 Å². The van der Waals surface area contributed by atoms with Crippen LogP contribution < -0.4 is 0 Å². The number of imidazole rings is 1. The minimum Gasteiger partial charge on any atom is -0.305 e. The fraction of sp³-hybridized carbons (Fsp3) is 0.174. The molecule has 0 amide bonds. The SMILES string of the molecule is CC(C)c1nn(-c2ccc(C#N)nc2)c2cccc(-n3cnc(-c4cnn(C)c4)c3)c12. The van der Waals surface area contributed by atoms with Gasteiger partial charge in [0.25, 0.3) is 0 Å². The van der Waals surface area contributed by atoms with Crippen LogP contribution in [0.15, 0.2) is 61.4 Å². The molecule has 152 valence electrons. The van der Waals surface area contributed by atoms with Gasteiger partial charge in [0, 0.05) is 30.4 Å². The molecule has 4 heterocycles. The summed E-state index contributed by atoms with van der Waals surface area (Å²) in [6.07, 6.45) is 9.27. The molecule has 8 heteroatoms. The third kappa shape index (κ3) is 3.16. The van der Waals surface area contributed by atoms with Crippen molar-refractivity contribution >= 4 is 10.9 Å². The van der Waals surface area contributed by atoms with E-state index in [1.807, 2.05) is 53.3 Å². The molecular weight excluding hydrogens is 388 g/mol. The number of pyridine rings is 1. The maximum absolute atomic E-state index is 9.05. The number of hydrogen-bond acceptors (Lipinski definition) is 5. The van der Waals surface area contributed by atoms with Gasteiger partial charge in [0.1, 0.15) is 11.8 Å². The molecule has 8 nitrogen and oxygen atoms in total. The lowest BCUT2D eigenvalue weighted by Gasteiger charge is -2.07. The first-order valence-electron chi connectivity index (χ1n) is 9.96. The summed E-state index contributed by atoms with van der Waals surface area (Å²) < 4.78 is 5.68. The number of aromatic nitrogens is 7. The van der Waals surface area contributed by atoms with Crippen molar-refractivity contribution in [1.29, 1.82) is 5.26 Å². The molecule has 0 spiro atoms. The number of rotatable bonds is 4. The van der Waals surface area contributed by atoms with E-state index in [-0.39, 0.29) is 5.92 Å². The van der Waals surface area contributed by atoms with Crippen molar-refractivity contribution in [1.82, 2.24) is 34.1 Å². The molecule has 31 heavy (non-hydrogen) atoms. The minimum atomic E-state index is 0.220. The molecule has 0 aliphatic heterocycles. The fourth-order valence-electron chi connectivity index (χ4n) is 3.73. The lowest BCUT2D eigenvalue weighted by atomic mass is 10.0. The van der Waals surface area contributed by atoms with E-state index < -0.39 is 0 Å². The van der Waals surface area contributed by atoms with Crippen molar-refractivity contribution < 1.29 is 0 Å². The van der Waals surface area contributed by atoms with Crippen molar-refractivity contribution in [3.05, 3.63) is 72.8 Å². The van der Waals surface area contributed by atoms with Gasteiger partial charge in [0.2, 0.25) is 0 Å². The average Bonchev–Trinajstić information content (AvgIpc) is 3.51. The Labute approximate surface area is 179 Å². The smallest absolute Gasteiger partial charge is 0.140 e. The molecule has 0 fully saturated rings. The van der Waals surface area contributed by atoms with Gasteiger partial charge in [-0.2, -0.15) is 15.5 Å². The molecule has 4 aromatic heterocycles. The van der Waals surface area contributed by atoms with Crippen molar-refractivity contribution in [3.63, 3.8) is 0 Å². The van der Waals surface area contributed by atoms with Gasteiger partial charge >= 0.3 is 0 Å². The second kappa shape index (κ2) is 7.22. The van der Waals surface area contributed by atoms with Gasteiger partial charge in [-0.3, -0.25) is 4.68 Å².